The first-order valence-corrected chi connectivity index (χ1v) is 12.9. The molecule has 5 aliphatic rings. The molecule has 2 N–H and O–H groups in total. The Bertz CT molecular complexity index is 663. The SMILES string of the molecule is C[C@@]1(O)CC[C@H]2[C@H](CC[C@@H]3[C@@H]2CC[C@]2(C)[C@@H](C(=O)CN4CCCC(O)C4)CC[C@@H]32)C1. The van der Waals surface area contributed by atoms with Gasteiger partial charge in [-0.1, -0.05) is 6.92 Å². The van der Waals surface area contributed by atoms with Crippen molar-refractivity contribution in [2.45, 2.75) is 96.2 Å². The normalized spacial score (nSPS) is 51.7. The summed E-state index contributed by atoms with van der Waals surface area (Å²) in [5.41, 5.74) is -0.246. The average Bonchev–Trinajstić information content (AvgIpc) is 3.04. The number of piperidine rings is 1. The highest BCUT2D eigenvalue weighted by Crippen LogP contribution is 2.64. The van der Waals surface area contributed by atoms with E-state index in [-0.39, 0.29) is 17.4 Å². The van der Waals surface area contributed by atoms with E-state index in [0.29, 0.717) is 18.9 Å². The molecule has 1 saturated heterocycles. The van der Waals surface area contributed by atoms with E-state index in [4.69, 9.17) is 0 Å². The molecule has 4 nitrogen and oxygen atoms in total. The Morgan fingerprint density at radius 1 is 0.967 bits per heavy atom. The summed E-state index contributed by atoms with van der Waals surface area (Å²) in [7, 11) is 0. The fourth-order valence-electron chi connectivity index (χ4n) is 9.12. The van der Waals surface area contributed by atoms with Crippen molar-refractivity contribution in [1.29, 1.82) is 0 Å². The summed E-state index contributed by atoms with van der Waals surface area (Å²) in [5.74, 6) is 4.59. The molecule has 0 aromatic heterocycles. The summed E-state index contributed by atoms with van der Waals surface area (Å²) in [5, 5.41) is 20.6. The zero-order valence-electron chi connectivity index (χ0n) is 19.2. The number of Topliss-reactive ketones (excluding diaryl/α,β-unsaturated/α-hetero) is 1. The van der Waals surface area contributed by atoms with Gasteiger partial charge in [-0.3, -0.25) is 9.69 Å². The molecule has 0 spiro atoms. The third-order valence-corrected chi connectivity index (χ3v) is 10.5. The van der Waals surface area contributed by atoms with Gasteiger partial charge >= 0.3 is 0 Å². The van der Waals surface area contributed by atoms with Gasteiger partial charge in [-0.25, -0.2) is 0 Å². The zero-order chi connectivity index (χ0) is 21.1. The summed E-state index contributed by atoms with van der Waals surface area (Å²) < 4.78 is 0. The number of hydrogen-bond donors (Lipinski definition) is 2. The van der Waals surface area contributed by atoms with Gasteiger partial charge < -0.3 is 10.2 Å². The molecule has 1 heterocycles. The molecule has 5 fully saturated rings. The van der Waals surface area contributed by atoms with Crippen LogP contribution in [-0.2, 0) is 4.79 Å². The van der Waals surface area contributed by atoms with E-state index in [1.807, 2.05) is 6.92 Å². The van der Waals surface area contributed by atoms with Crippen LogP contribution in [0.25, 0.3) is 0 Å². The number of hydrogen-bond acceptors (Lipinski definition) is 4. The molecule has 0 aromatic rings. The van der Waals surface area contributed by atoms with Gasteiger partial charge in [0.25, 0.3) is 0 Å². The van der Waals surface area contributed by atoms with E-state index >= 15 is 0 Å². The van der Waals surface area contributed by atoms with E-state index in [9.17, 15) is 15.0 Å². The van der Waals surface area contributed by atoms with Crippen molar-refractivity contribution in [3.63, 3.8) is 0 Å². The molecular formula is C26H43NO3. The van der Waals surface area contributed by atoms with Crippen LogP contribution in [-0.4, -0.2) is 52.2 Å². The van der Waals surface area contributed by atoms with Crippen LogP contribution >= 0.6 is 0 Å². The minimum atomic E-state index is -0.440. The number of rotatable bonds is 3. The van der Waals surface area contributed by atoms with E-state index in [1.165, 1.54) is 38.5 Å². The van der Waals surface area contributed by atoms with Crippen LogP contribution in [0.2, 0.25) is 0 Å². The molecule has 0 radical (unpaired) electrons. The quantitative estimate of drug-likeness (QED) is 0.728. The van der Waals surface area contributed by atoms with Crippen molar-refractivity contribution in [1.82, 2.24) is 4.90 Å². The van der Waals surface area contributed by atoms with E-state index < -0.39 is 5.60 Å². The third kappa shape index (κ3) is 3.69. The predicted molar refractivity (Wildman–Crippen MR) is 118 cm³/mol. The van der Waals surface area contributed by atoms with Crippen LogP contribution < -0.4 is 0 Å². The maximum absolute atomic E-state index is 13.4. The molecule has 5 rings (SSSR count). The number of carbonyl (C=O) groups excluding carboxylic acids is 1. The van der Waals surface area contributed by atoms with Crippen molar-refractivity contribution < 1.29 is 15.0 Å². The van der Waals surface area contributed by atoms with Gasteiger partial charge in [0, 0.05) is 12.5 Å². The molecule has 1 aliphatic heterocycles. The molecule has 30 heavy (non-hydrogen) atoms. The second-order valence-corrected chi connectivity index (χ2v) is 12.3. The first-order valence-electron chi connectivity index (χ1n) is 12.9. The summed E-state index contributed by atoms with van der Waals surface area (Å²) >= 11 is 0. The van der Waals surface area contributed by atoms with Gasteiger partial charge in [-0.2, -0.15) is 0 Å². The largest absolute Gasteiger partial charge is 0.392 e. The molecule has 4 saturated carbocycles. The molecule has 170 valence electrons. The number of β-amino-alcohol motifs (C(OH)–C–C–N with tert-alkyl or cyclic N) is 1. The van der Waals surface area contributed by atoms with Crippen LogP contribution in [0.15, 0.2) is 0 Å². The first-order chi connectivity index (χ1) is 14.3. The first kappa shape index (κ1) is 21.4. The molecule has 1 unspecified atom stereocenters. The Balaban J connectivity index is 1.27. The number of fused-ring (bicyclic) bond motifs is 5. The fourth-order valence-corrected chi connectivity index (χ4v) is 9.12. The maximum atomic E-state index is 13.4. The number of likely N-dealkylation sites (tertiary alicyclic amines) is 1. The summed E-state index contributed by atoms with van der Waals surface area (Å²) in [6.45, 7) is 6.69. The van der Waals surface area contributed by atoms with Crippen LogP contribution in [0.5, 0.6) is 0 Å². The highest BCUT2D eigenvalue weighted by atomic mass is 16.3. The Morgan fingerprint density at radius 3 is 2.57 bits per heavy atom. The molecule has 4 heteroatoms. The summed E-state index contributed by atoms with van der Waals surface area (Å²) in [6.07, 6.45) is 12.3. The monoisotopic (exact) mass is 417 g/mol. The lowest BCUT2D eigenvalue weighted by molar-refractivity contribution is -0.134. The van der Waals surface area contributed by atoms with Gasteiger partial charge in [0.05, 0.1) is 18.2 Å². The Hall–Kier alpha value is -0.450. The number of aliphatic hydroxyl groups is 2. The van der Waals surface area contributed by atoms with Crippen molar-refractivity contribution in [3.05, 3.63) is 0 Å². The van der Waals surface area contributed by atoms with Crippen LogP contribution in [0, 0.1) is 40.9 Å². The lowest BCUT2D eigenvalue weighted by Crippen LogP contribution is -2.51. The van der Waals surface area contributed by atoms with Gasteiger partial charge in [0.1, 0.15) is 5.78 Å². The lowest BCUT2D eigenvalue weighted by Gasteiger charge is -2.57. The standard InChI is InChI=1S/C26H43NO3/c1-25(30)11-9-19-17(14-25)5-6-21-20(19)10-12-26(2)22(21)7-8-23(26)24(29)16-27-13-3-4-18(28)15-27/h17-23,28,30H,3-16H2,1-2H3/t17-,18?,19+,20-,21-,22+,23-,25-,26+/m1/s1. The van der Waals surface area contributed by atoms with Gasteiger partial charge in [-0.05, 0) is 119 Å². The molecular weight excluding hydrogens is 374 g/mol. The molecule has 0 bridgehead atoms. The van der Waals surface area contributed by atoms with Gasteiger partial charge in [-0.15, -0.1) is 0 Å². The molecule has 9 atom stereocenters. The van der Waals surface area contributed by atoms with E-state index in [1.54, 1.807) is 0 Å². The van der Waals surface area contributed by atoms with E-state index in [0.717, 1.165) is 68.2 Å². The van der Waals surface area contributed by atoms with Gasteiger partial charge in [0.15, 0.2) is 0 Å². The summed E-state index contributed by atoms with van der Waals surface area (Å²) in [4.78, 5) is 15.6. The average molecular weight is 418 g/mol. The Labute approximate surface area is 182 Å². The van der Waals surface area contributed by atoms with Crippen LogP contribution in [0.1, 0.15) is 84.5 Å². The molecule has 0 amide bonds. The highest BCUT2D eigenvalue weighted by Gasteiger charge is 2.58. The third-order valence-electron chi connectivity index (χ3n) is 10.5. The minimum Gasteiger partial charge on any atom is -0.392 e. The van der Waals surface area contributed by atoms with Crippen molar-refractivity contribution >= 4 is 5.78 Å². The van der Waals surface area contributed by atoms with Gasteiger partial charge in [0.2, 0.25) is 0 Å². The molecule has 4 aliphatic carbocycles. The summed E-state index contributed by atoms with van der Waals surface area (Å²) in [6, 6.07) is 0. The van der Waals surface area contributed by atoms with E-state index in [2.05, 4.69) is 11.8 Å². The smallest absolute Gasteiger partial charge is 0.150 e. The number of carbonyl (C=O) groups is 1. The number of nitrogens with zero attached hydrogens (tertiary/aromatic N) is 1. The van der Waals surface area contributed by atoms with Crippen LogP contribution in [0.3, 0.4) is 0 Å². The highest BCUT2D eigenvalue weighted by molar-refractivity contribution is 5.84. The zero-order valence-corrected chi connectivity index (χ0v) is 19.2. The Kier molecular flexibility index (Phi) is 5.60. The number of aliphatic hydroxyl groups excluding tert-OH is 1. The van der Waals surface area contributed by atoms with Crippen molar-refractivity contribution in [2.75, 3.05) is 19.6 Å². The topological polar surface area (TPSA) is 60.8 Å². The molecule has 0 aromatic carbocycles. The Morgan fingerprint density at radius 2 is 1.77 bits per heavy atom. The maximum Gasteiger partial charge on any atom is 0.150 e. The van der Waals surface area contributed by atoms with Crippen molar-refractivity contribution in [3.8, 4) is 0 Å². The van der Waals surface area contributed by atoms with Crippen LogP contribution in [0.4, 0.5) is 0 Å². The lowest BCUT2D eigenvalue weighted by atomic mass is 9.49. The fraction of sp³-hybridized carbons (Fsp3) is 0.962. The van der Waals surface area contributed by atoms with Crippen molar-refractivity contribution in [2.24, 2.45) is 40.9 Å². The second kappa shape index (κ2) is 7.85. The number of ketones is 1. The second-order valence-electron chi connectivity index (χ2n) is 12.3. The minimum absolute atomic E-state index is 0.194. The predicted octanol–water partition coefficient (Wildman–Crippen LogP) is 4.03.